The van der Waals surface area contributed by atoms with E-state index in [4.69, 9.17) is 11.6 Å². The second-order valence-electron chi connectivity index (χ2n) is 6.46. The predicted octanol–water partition coefficient (Wildman–Crippen LogP) is 6.88. The molecule has 0 radical (unpaired) electrons. The summed E-state index contributed by atoms with van der Waals surface area (Å²) in [5.74, 6) is 1.33. The highest BCUT2D eigenvalue weighted by molar-refractivity contribution is 7.17. The summed E-state index contributed by atoms with van der Waals surface area (Å²) < 4.78 is 0. The van der Waals surface area contributed by atoms with Gasteiger partial charge in [0, 0.05) is 21.7 Å². The third-order valence-electron chi connectivity index (χ3n) is 4.37. The van der Waals surface area contributed by atoms with Gasteiger partial charge in [0.1, 0.15) is 17.0 Å². The average molecular weight is 380 g/mol. The molecule has 2 heterocycles. The smallest absolute Gasteiger partial charge is 0.143 e. The van der Waals surface area contributed by atoms with Gasteiger partial charge in [-0.2, -0.15) is 0 Å². The first-order valence-electron chi connectivity index (χ1n) is 8.47. The summed E-state index contributed by atoms with van der Waals surface area (Å²) in [5.41, 5.74) is 4.56. The van der Waals surface area contributed by atoms with E-state index >= 15 is 0 Å². The van der Waals surface area contributed by atoms with Crippen LogP contribution in [-0.2, 0) is 0 Å². The van der Waals surface area contributed by atoms with Gasteiger partial charge in [-0.05, 0) is 41.3 Å². The average Bonchev–Trinajstić information content (AvgIpc) is 3.08. The Bertz CT molecular complexity index is 1040. The van der Waals surface area contributed by atoms with Crippen LogP contribution in [0.5, 0.6) is 0 Å². The highest BCUT2D eigenvalue weighted by atomic mass is 35.5. The second kappa shape index (κ2) is 7.06. The van der Waals surface area contributed by atoms with Crippen molar-refractivity contribution in [2.24, 2.45) is 0 Å². The lowest BCUT2D eigenvalue weighted by Crippen LogP contribution is -1.96. The van der Waals surface area contributed by atoms with Gasteiger partial charge >= 0.3 is 0 Å². The Morgan fingerprint density at radius 2 is 1.69 bits per heavy atom. The van der Waals surface area contributed by atoms with Crippen LogP contribution in [0.15, 0.2) is 60.2 Å². The lowest BCUT2D eigenvalue weighted by molar-refractivity contribution is 0.867. The minimum absolute atomic E-state index is 0.517. The fourth-order valence-electron chi connectivity index (χ4n) is 2.90. The van der Waals surface area contributed by atoms with Crippen molar-refractivity contribution in [3.05, 3.63) is 70.8 Å². The summed E-state index contributed by atoms with van der Waals surface area (Å²) in [6.45, 7) is 4.39. The van der Waals surface area contributed by atoms with Gasteiger partial charge in [-0.3, -0.25) is 0 Å². The SMILES string of the molecule is CC(C)c1ccc(Nc2ncnc3scc(-c4ccc(Cl)cc4)c23)cc1. The lowest BCUT2D eigenvalue weighted by Gasteiger charge is -2.10. The topological polar surface area (TPSA) is 37.8 Å². The van der Waals surface area contributed by atoms with Gasteiger partial charge in [0.05, 0.1) is 5.39 Å². The van der Waals surface area contributed by atoms with Crippen molar-refractivity contribution < 1.29 is 0 Å². The third-order valence-corrected chi connectivity index (χ3v) is 5.50. The van der Waals surface area contributed by atoms with Crippen molar-refractivity contribution in [2.75, 3.05) is 5.32 Å². The number of fused-ring (bicyclic) bond motifs is 1. The van der Waals surface area contributed by atoms with Gasteiger partial charge in [0.2, 0.25) is 0 Å². The molecule has 4 aromatic rings. The van der Waals surface area contributed by atoms with E-state index in [0.29, 0.717) is 5.92 Å². The molecule has 0 unspecified atom stereocenters. The van der Waals surface area contributed by atoms with Crippen molar-refractivity contribution in [1.82, 2.24) is 9.97 Å². The molecule has 2 aromatic heterocycles. The summed E-state index contributed by atoms with van der Waals surface area (Å²) in [5, 5.41) is 7.34. The number of anilines is 2. The molecular formula is C21H18ClN3S. The van der Waals surface area contributed by atoms with Gasteiger partial charge in [0.25, 0.3) is 0 Å². The van der Waals surface area contributed by atoms with E-state index in [-0.39, 0.29) is 0 Å². The zero-order valence-electron chi connectivity index (χ0n) is 14.5. The largest absolute Gasteiger partial charge is 0.340 e. The van der Waals surface area contributed by atoms with Crippen LogP contribution in [0.4, 0.5) is 11.5 Å². The normalized spacial score (nSPS) is 11.2. The van der Waals surface area contributed by atoms with Crippen molar-refractivity contribution in [3.63, 3.8) is 0 Å². The van der Waals surface area contributed by atoms with Crippen LogP contribution in [0.25, 0.3) is 21.3 Å². The molecule has 4 rings (SSSR count). The monoisotopic (exact) mass is 379 g/mol. The van der Waals surface area contributed by atoms with Gasteiger partial charge in [-0.1, -0.05) is 49.7 Å². The summed E-state index contributed by atoms with van der Waals surface area (Å²) in [6.07, 6.45) is 1.61. The minimum atomic E-state index is 0.517. The highest BCUT2D eigenvalue weighted by Gasteiger charge is 2.13. The van der Waals surface area contributed by atoms with Crippen LogP contribution in [0.3, 0.4) is 0 Å². The third kappa shape index (κ3) is 3.30. The van der Waals surface area contributed by atoms with E-state index < -0.39 is 0 Å². The van der Waals surface area contributed by atoms with Crippen LogP contribution in [-0.4, -0.2) is 9.97 Å². The lowest BCUT2D eigenvalue weighted by atomic mass is 10.0. The van der Waals surface area contributed by atoms with Crippen LogP contribution in [0.1, 0.15) is 25.3 Å². The van der Waals surface area contributed by atoms with Gasteiger partial charge in [0.15, 0.2) is 0 Å². The summed E-state index contributed by atoms with van der Waals surface area (Å²) in [4.78, 5) is 9.88. The van der Waals surface area contributed by atoms with Crippen molar-refractivity contribution in [2.45, 2.75) is 19.8 Å². The maximum atomic E-state index is 6.03. The molecule has 2 aromatic carbocycles. The Balaban J connectivity index is 1.75. The molecule has 0 aliphatic rings. The second-order valence-corrected chi connectivity index (χ2v) is 7.75. The van der Waals surface area contributed by atoms with E-state index in [9.17, 15) is 0 Å². The first-order valence-corrected chi connectivity index (χ1v) is 9.72. The Hall–Kier alpha value is -2.43. The molecule has 0 bridgehead atoms. The number of aromatic nitrogens is 2. The molecule has 26 heavy (non-hydrogen) atoms. The van der Waals surface area contributed by atoms with Crippen LogP contribution in [0, 0.1) is 0 Å². The highest BCUT2D eigenvalue weighted by Crippen LogP contribution is 2.37. The molecule has 0 spiro atoms. The molecule has 0 saturated carbocycles. The molecule has 0 aliphatic heterocycles. The van der Waals surface area contributed by atoms with Crippen LogP contribution >= 0.6 is 22.9 Å². The molecule has 0 aliphatic carbocycles. The quantitative estimate of drug-likeness (QED) is 0.420. The maximum absolute atomic E-state index is 6.03. The summed E-state index contributed by atoms with van der Waals surface area (Å²) >= 11 is 7.65. The maximum Gasteiger partial charge on any atom is 0.143 e. The van der Waals surface area contributed by atoms with E-state index in [1.807, 2.05) is 24.3 Å². The van der Waals surface area contributed by atoms with E-state index in [1.165, 1.54) is 5.56 Å². The van der Waals surface area contributed by atoms with Crippen molar-refractivity contribution >= 4 is 44.7 Å². The fraction of sp³-hybridized carbons (Fsp3) is 0.143. The number of benzene rings is 2. The minimum Gasteiger partial charge on any atom is -0.340 e. The zero-order chi connectivity index (χ0) is 18.1. The zero-order valence-corrected chi connectivity index (χ0v) is 16.1. The fourth-order valence-corrected chi connectivity index (χ4v) is 3.94. The van der Waals surface area contributed by atoms with Crippen LogP contribution in [0.2, 0.25) is 5.02 Å². The first-order chi connectivity index (χ1) is 12.6. The van der Waals surface area contributed by atoms with E-state index in [0.717, 1.165) is 37.9 Å². The molecule has 0 fully saturated rings. The standard InChI is InChI=1S/C21H18ClN3S/c1-13(2)14-5-9-17(10-6-14)25-20-19-18(11-26-21(19)24-12-23-20)15-3-7-16(22)8-4-15/h3-13H,1-2H3,(H,23,24,25). The predicted molar refractivity (Wildman–Crippen MR) is 112 cm³/mol. The Kier molecular flexibility index (Phi) is 4.62. The number of nitrogens with one attached hydrogen (secondary N) is 1. The number of hydrogen-bond acceptors (Lipinski definition) is 4. The molecule has 130 valence electrons. The van der Waals surface area contributed by atoms with E-state index in [1.54, 1.807) is 17.7 Å². The molecule has 5 heteroatoms. The van der Waals surface area contributed by atoms with Crippen LogP contribution < -0.4 is 5.32 Å². The van der Waals surface area contributed by atoms with Gasteiger partial charge in [-0.25, -0.2) is 9.97 Å². The number of halogens is 1. The van der Waals surface area contributed by atoms with E-state index in [2.05, 4.69) is 58.8 Å². The number of nitrogens with zero attached hydrogens (tertiary/aromatic N) is 2. The summed E-state index contributed by atoms with van der Waals surface area (Å²) in [7, 11) is 0. The van der Waals surface area contributed by atoms with Gasteiger partial charge < -0.3 is 5.32 Å². The molecule has 3 nitrogen and oxygen atoms in total. The molecule has 1 N–H and O–H groups in total. The van der Waals surface area contributed by atoms with Crippen molar-refractivity contribution in [1.29, 1.82) is 0 Å². The number of thiophene rings is 1. The van der Waals surface area contributed by atoms with Crippen molar-refractivity contribution in [3.8, 4) is 11.1 Å². The van der Waals surface area contributed by atoms with Gasteiger partial charge in [-0.15, -0.1) is 11.3 Å². The molecular weight excluding hydrogens is 362 g/mol. The first kappa shape index (κ1) is 17.0. The summed E-state index contributed by atoms with van der Waals surface area (Å²) in [6, 6.07) is 16.4. The number of rotatable bonds is 4. The molecule has 0 saturated heterocycles. The molecule has 0 atom stereocenters. The molecule has 0 amide bonds. The Morgan fingerprint density at radius 1 is 0.962 bits per heavy atom. The Labute approximate surface area is 161 Å². The number of hydrogen-bond donors (Lipinski definition) is 1. The Morgan fingerprint density at radius 3 is 2.38 bits per heavy atom.